The Bertz CT molecular complexity index is 271. The first kappa shape index (κ1) is 19.1. The normalized spacial score (nSPS) is 12.4. The van der Waals surface area contributed by atoms with E-state index in [1.54, 1.807) is 0 Å². The first-order valence-electron chi connectivity index (χ1n) is 7.98. The van der Waals surface area contributed by atoms with Crippen molar-refractivity contribution in [2.75, 3.05) is 13.1 Å². The first-order chi connectivity index (χ1) is 9.54. The Balaban J connectivity index is 4.58. The molecule has 4 heteroatoms. The Labute approximate surface area is 123 Å². The molecule has 4 nitrogen and oxygen atoms in total. The van der Waals surface area contributed by atoms with Crippen molar-refractivity contribution in [1.29, 1.82) is 0 Å². The number of nitrogens with zero attached hydrogens (tertiary/aromatic N) is 1. The van der Waals surface area contributed by atoms with Crippen molar-refractivity contribution in [3.8, 4) is 0 Å². The fraction of sp³-hybridized carbons (Fsp3) is 0.875. The fourth-order valence-corrected chi connectivity index (χ4v) is 2.08. The monoisotopic (exact) mass is 285 g/mol. The molecule has 118 valence electrons. The molecule has 1 unspecified atom stereocenters. The topological polar surface area (TPSA) is 46.6 Å². The summed E-state index contributed by atoms with van der Waals surface area (Å²) in [5, 5.41) is 0. The molecule has 0 spiro atoms. The van der Waals surface area contributed by atoms with Crippen LogP contribution in [0.15, 0.2) is 0 Å². The van der Waals surface area contributed by atoms with E-state index in [-0.39, 0.29) is 18.4 Å². The van der Waals surface area contributed by atoms with Gasteiger partial charge < -0.3 is 4.74 Å². The summed E-state index contributed by atoms with van der Waals surface area (Å²) >= 11 is 0. The molecule has 0 heterocycles. The Hall–Kier alpha value is -0.900. The standard InChI is InChI=1S/C16H31NO3/c1-5-8-11-17(12-9-6-2)15(10-7-3)20-16(19)13-14(4)18/h15H,5-13H2,1-4H3. The van der Waals surface area contributed by atoms with Crippen LogP contribution in [0.1, 0.15) is 72.6 Å². The van der Waals surface area contributed by atoms with Gasteiger partial charge >= 0.3 is 5.97 Å². The molecule has 20 heavy (non-hydrogen) atoms. The molecule has 0 aliphatic rings. The highest BCUT2D eigenvalue weighted by Crippen LogP contribution is 2.13. The number of rotatable bonds is 12. The van der Waals surface area contributed by atoms with Gasteiger partial charge in [-0.3, -0.25) is 14.5 Å². The minimum atomic E-state index is -0.394. The molecular formula is C16H31NO3. The molecule has 0 bridgehead atoms. The summed E-state index contributed by atoms with van der Waals surface area (Å²) in [6, 6.07) is 0. The highest BCUT2D eigenvalue weighted by molar-refractivity contribution is 5.94. The molecule has 1 atom stereocenters. The summed E-state index contributed by atoms with van der Waals surface area (Å²) in [5.74, 6) is -0.534. The molecule has 0 aliphatic heterocycles. The van der Waals surface area contributed by atoms with Gasteiger partial charge in [0.25, 0.3) is 0 Å². The predicted octanol–water partition coefficient (Wildman–Crippen LogP) is 3.54. The van der Waals surface area contributed by atoms with Gasteiger partial charge in [0.05, 0.1) is 0 Å². The predicted molar refractivity (Wildman–Crippen MR) is 81.5 cm³/mol. The Morgan fingerprint density at radius 3 is 1.95 bits per heavy atom. The molecule has 0 radical (unpaired) electrons. The zero-order valence-electron chi connectivity index (χ0n) is 13.6. The molecule has 0 fully saturated rings. The number of Topliss-reactive ketones (excluding diaryl/α,β-unsaturated/α-hetero) is 1. The second-order valence-corrected chi connectivity index (χ2v) is 5.36. The lowest BCUT2D eigenvalue weighted by Gasteiger charge is -2.31. The molecule has 0 aromatic carbocycles. The minimum absolute atomic E-state index is 0.115. The number of hydrogen-bond donors (Lipinski definition) is 0. The summed E-state index contributed by atoms with van der Waals surface area (Å²) in [6.07, 6.45) is 5.97. The average Bonchev–Trinajstić information content (AvgIpc) is 2.37. The van der Waals surface area contributed by atoms with E-state index < -0.39 is 5.97 Å². The Morgan fingerprint density at radius 2 is 1.55 bits per heavy atom. The zero-order chi connectivity index (χ0) is 15.4. The molecule has 0 saturated carbocycles. The van der Waals surface area contributed by atoms with E-state index in [2.05, 4.69) is 25.7 Å². The van der Waals surface area contributed by atoms with Crippen molar-refractivity contribution < 1.29 is 14.3 Å². The SMILES string of the molecule is CCCCN(CCCC)C(CCC)OC(=O)CC(C)=O. The van der Waals surface area contributed by atoms with Crippen molar-refractivity contribution in [2.45, 2.75) is 78.9 Å². The maximum Gasteiger partial charge on any atom is 0.314 e. The maximum absolute atomic E-state index is 11.7. The summed E-state index contributed by atoms with van der Waals surface area (Å²) in [7, 11) is 0. The lowest BCUT2D eigenvalue weighted by Crippen LogP contribution is -2.40. The van der Waals surface area contributed by atoms with Crippen LogP contribution < -0.4 is 0 Å². The summed E-state index contributed by atoms with van der Waals surface area (Å²) in [4.78, 5) is 25.0. The molecule has 0 N–H and O–H groups in total. The van der Waals surface area contributed by atoms with Crippen LogP contribution in [0, 0.1) is 0 Å². The fourth-order valence-electron chi connectivity index (χ4n) is 2.08. The third kappa shape index (κ3) is 9.08. The van der Waals surface area contributed by atoms with Crippen LogP contribution in [0.3, 0.4) is 0 Å². The van der Waals surface area contributed by atoms with Gasteiger partial charge in [-0.15, -0.1) is 0 Å². The van der Waals surface area contributed by atoms with Crippen molar-refractivity contribution >= 4 is 11.8 Å². The molecule has 0 saturated heterocycles. The van der Waals surface area contributed by atoms with Gasteiger partial charge in [-0.05, 0) is 26.2 Å². The van der Waals surface area contributed by atoms with Crippen molar-refractivity contribution in [3.05, 3.63) is 0 Å². The van der Waals surface area contributed by atoms with Gasteiger partial charge in [0.2, 0.25) is 0 Å². The van der Waals surface area contributed by atoms with E-state index in [4.69, 9.17) is 4.74 Å². The van der Waals surface area contributed by atoms with Gasteiger partial charge in [0, 0.05) is 13.1 Å². The highest BCUT2D eigenvalue weighted by atomic mass is 16.6. The molecule has 0 aromatic rings. The van der Waals surface area contributed by atoms with Crippen LogP contribution in [0.4, 0.5) is 0 Å². The number of ketones is 1. The van der Waals surface area contributed by atoms with Gasteiger partial charge in [0.1, 0.15) is 12.2 Å². The second kappa shape index (κ2) is 11.9. The number of hydrogen-bond acceptors (Lipinski definition) is 4. The van der Waals surface area contributed by atoms with Crippen LogP contribution in [0.5, 0.6) is 0 Å². The lowest BCUT2D eigenvalue weighted by molar-refractivity contribution is -0.161. The number of esters is 1. The summed E-state index contributed by atoms with van der Waals surface area (Å²) in [5.41, 5.74) is 0. The van der Waals surface area contributed by atoms with Crippen LogP contribution in [0.25, 0.3) is 0 Å². The van der Waals surface area contributed by atoms with E-state index in [0.717, 1.165) is 51.6 Å². The highest BCUT2D eigenvalue weighted by Gasteiger charge is 2.21. The maximum atomic E-state index is 11.7. The van der Waals surface area contributed by atoms with Crippen LogP contribution in [-0.2, 0) is 14.3 Å². The molecule has 0 amide bonds. The third-order valence-corrected chi connectivity index (χ3v) is 3.20. The van der Waals surface area contributed by atoms with Crippen LogP contribution in [-0.4, -0.2) is 36.0 Å². The molecule has 0 rings (SSSR count). The molecular weight excluding hydrogens is 254 g/mol. The van der Waals surface area contributed by atoms with Crippen molar-refractivity contribution in [1.82, 2.24) is 4.90 Å². The third-order valence-electron chi connectivity index (χ3n) is 3.20. The average molecular weight is 285 g/mol. The second-order valence-electron chi connectivity index (χ2n) is 5.36. The minimum Gasteiger partial charge on any atom is -0.446 e. The smallest absolute Gasteiger partial charge is 0.314 e. The largest absolute Gasteiger partial charge is 0.446 e. The Kier molecular flexibility index (Phi) is 11.4. The number of carbonyl (C=O) groups is 2. The van der Waals surface area contributed by atoms with E-state index in [1.807, 2.05) is 0 Å². The van der Waals surface area contributed by atoms with Gasteiger partial charge in [-0.1, -0.05) is 40.0 Å². The van der Waals surface area contributed by atoms with Crippen molar-refractivity contribution in [2.24, 2.45) is 0 Å². The van der Waals surface area contributed by atoms with Gasteiger partial charge in [-0.25, -0.2) is 0 Å². The van der Waals surface area contributed by atoms with E-state index in [0.29, 0.717) is 0 Å². The van der Waals surface area contributed by atoms with E-state index in [9.17, 15) is 9.59 Å². The number of ether oxygens (including phenoxy) is 1. The Morgan fingerprint density at radius 1 is 1.00 bits per heavy atom. The van der Waals surface area contributed by atoms with Gasteiger partial charge in [-0.2, -0.15) is 0 Å². The van der Waals surface area contributed by atoms with Crippen molar-refractivity contribution in [3.63, 3.8) is 0 Å². The van der Waals surface area contributed by atoms with Gasteiger partial charge in [0.15, 0.2) is 6.23 Å². The van der Waals surface area contributed by atoms with Crippen LogP contribution in [0.2, 0.25) is 0 Å². The molecule has 0 aliphatic carbocycles. The molecule has 0 aromatic heterocycles. The number of carbonyl (C=O) groups excluding carboxylic acids is 2. The van der Waals surface area contributed by atoms with E-state index >= 15 is 0 Å². The zero-order valence-corrected chi connectivity index (χ0v) is 13.6. The van der Waals surface area contributed by atoms with E-state index in [1.165, 1.54) is 6.92 Å². The summed E-state index contributed by atoms with van der Waals surface area (Å²) < 4.78 is 5.52. The summed E-state index contributed by atoms with van der Waals surface area (Å²) in [6.45, 7) is 9.73. The van der Waals surface area contributed by atoms with Crippen LogP contribution >= 0.6 is 0 Å². The first-order valence-corrected chi connectivity index (χ1v) is 7.98. The quantitative estimate of drug-likeness (QED) is 0.312. The number of unbranched alkanes of at least 4 members (excludes halogenated alkanes) is 2. The lowest BCUT2D eigenvalue weighted by atomic mass is 10.2.